The van der Waals surface area contributed by atoms with Crippen LogP contribution in [0.5, 0.6) is 0 Å². The number of rotatable bonds is 3. The van der Waals surface area contributed by atoms with Gasteiger partial charge in [-0.15, -0.1) is 11.3 Å². The predicted molar refractivity (Wildman–Crippen MR) is 66.5 cm³/mol. The van der Waals surface area contributed by atoms with Crippen LogP contribution in [0.15, 0.2) is 6.20 Å². The van der Waals surface area contributed by atoms with E-state index in [1.807, 2.05) is 17.5 Å². The summed E-state index contributed by atoms with van der Waals surface area (Å²) < 4.78 is 0. The minimum Gasteiger partial charge on any atom is -0.249 e. The lowest BCUT2D eigenvalue weighted by atomic mass is 9.80. The van der Waals surface area contributed by atoms with E-state index < -0.39 is 0 Å². The number of hydrogen-bond donors (Lipinski definition) is 0. The Morgan fingerprint density at radius 3 is 2.60 bits per heavy atom. The quantitative estimate of drug-likeness (QED) is 0.734. The molecule has 1 aromatic rings. The van der Waals surface area contributed by atoms with Gasteiger partial charge in [-0.1, -0.05) is 19.8 Å². The normalized spacial score (nSPS) is 26.8. The van der Waals surface area contributed by atoms with E-state index in [-0.39, 0.29) is 0 Å². The third kappa shape index (κ3) is 2.81. The number of thiazole rings is 1. The molecule has 1 heterocycles. The summed E-state index contributed by atoms with van der Waals surface area (Å²) in [6.45, 7) is 4.46. The largest absolute Gasteiger partial charge is 0.249 e. The van der Waals surface area contributed by atoms with Gasteiger partial charge in [0.1, 0.15) is 0 Å². The summed E-state index contributed by atoms with van der Waals surface area (Å²) in [6.07, 6.45) is 10.4. The van der Waals surface area contributed by atoms with Crippen molar-refractivity contribution in [1.82, 2.24) is 4.98 Å². The molecule has 0 atom stereocenters. The maximum Gasteiger partial charge on any atom is 0.0958 e. The third-order valence-electron chi connectivity index (χ3n) is 3.53. The molecule has 1 nitrogen and oxygen atoms in total. The fraction of sp³-hybridized carbons (Fsp3) is 0.769. The molecule has 0 spiro atoms. The molecule has 1 aliphatic carbocycles. The van der Waals surface area contributed by atoms with Gasteiger partial charge in [0.25, 0.3) is 0 Å². The molecule has 0 radical (unpaired) electrons. The molecule has 0 N–H and O–H groups in total. The molecule has 0 aromatic carbocycles. The van der Waals surface area contributed by atoms with Crippen LogP contribution in [0.3, 0.4) is 0 Å². The maximum absolute atomic E-state index is 4.53. The summed E-state index contributed by atoms with van der Waals surface area (Å²) >= 11 is 1.90. The molecule has 2 heteroatoms. The average Bonchev–Trinajstić information content (AvgIpc) is 2.67. The summed E-state index contributed by atoms with van der Waals surface area (Å²) in [6, 6.07) is 0. The van der Waals surface area contributed by atoms with Gasteiger partial charge in [0.15, 0.2) is 0 Å². The lowest BCUT2D eigenvalue weighted by molar-refractivity contribution is 0.308. The Morgan fingerprint density at radius 2 is 2.07 bits per heavy atom. The molecule has 1 saturated carbocycles. The zero-order valence-electron chi connectivity index (χ0n) is 9.83. The highest BCUT2D eigenvalue weighted by Gasteiger charge is 2.23. The first kappa shape index (κ1) is 11.1. The molecule has 0 unspecified atom stereocenters. The monoisotopic (exact) mass is 223 g/mol. The molecule has 84 valence electrons. The molecular weight excluding hydrogens is 202 g/mol. The Labute approximate surface area is 96.9 Å². The smallest absolute Gasteiger partial charge is 0.0958 e. The van der Waals surface area contributed by atoms with Crippen LogP contribution in [-0.2, 0) is 0 Å². The van der Waals surface area contributed by atoms with Gasteiger partial charge >= 0.3 is 0 Å². The Bertz CT molecular complexity index is 297. The first-order chi connectivity index (χ1) is 7.29. The van der Waals surface area contributed by atoms with E-state index in [1.165, 1.54) is 48.4 Å². The van der Waals surface area contributed by atoms with Crippen LogP contribution in [0.25, 0.3) is 0 Å². The number of nitrogens with zero attached hydrogens (tertiary/aromatic N) is 1. The molecule has 1 aromatic heterocycles. The van der Waals surface area contributed by atoms with Crippen LogP contribution in [-0.4, -0.2) is 4.98 Å². The van der Waals surface area contributed by atoms with Crippen LogP contribution in [0.4, 0.5) is 0 Å². The molecule has 0 saturated heterocycles. The molecule has 2 rings (SSSR count). The van der Waals surface area contributed by atoms with Crippen molar-refractivity contribution < 1.29 is 0 Å². The number of aryl methyl sites for hydroxylation is 1. The van der Waals surface area contributed by atoms with E-state index in [1.54, 1.807) is 0 Å². The van der Waals surface area contributed by atoms with Gasteiger partial charge in [0, 0.05) is 17.0 Å². The highest BCUT2D eigenvalue weighted by molar-refractivity contribution is 7.11. The van der Waals surface area contributed by atoms with Crippen LogP contribution < -0.4 is 0 Å². The van der Waals surface area contributed by atoms with Crippen molar-refractivity contribution in [3.8, 4) is 0 Å². The average molecular weight is 223 g/mol. The Morgan fingerprint density at radius 1 is 1.33 bits per heavy atom. The fourth-order valence-corrected chi connectivity index (χ4v) is 3.61. The molecule has 0 bridgehead atoms. The lowest BCUT2D eigenvalue weighted by Crippen LogP contribution is -2.12. The van der Waals surface area contributed by atoms with Crippen molar-refractivity contribution >= 4 is 11.3 Å². The maximum atomic E-state index is 4.53. The van der Waals surface area contributed by atoms with E-state index in [0.717, 1.165) is 11.8 Å². The van der Waals surface area contributed by atoms with Gasteiger partial charge in [-0.3, -0.25) is 0 Å². The first-order valence-electron chi connectivity index (χ1n) is 6.22. The van der Waals surface area contributed by atoms with Crippen LogP contribution >= 0.6 is 11.3 Å². The Balaban J connectivity index is 1.88. The highest BCUT2D eigenvalue weighted by Crippen LogP contribution is 2.38. The van der Waals surface area contributed by atoms with E-state index in [4.69, 9.17) is 0 Å². The van der Waals surface area contributed by atoms with E-state index in [0.29, 0.717) is 0 Å². The Kier molecular flexibility index (Phi) is 3.79. The summed E-state index contributed by atoms with van der Waals surface area (Å²) in [4.78, 5) is 5.89. The van der Waals surface area contributed by atoms with Crippen molar-refractivity contribution in [2.75, 3.05) is 0 Å². The highest BCUT2D eigenvalue weighted by atomic mass is 32.1. The van der Waals surface area contributed by atoms with E-state index in [9.17, 15) is 0 Å². The summed E-state index contributed by atoms with van der Waals surface area (Å²) in [5, 5.41) is 1.39. The summed E-state index contributed by atoms with van der Waals surface area (Å²) in [5.74, 6) is 1.78. The van der Waals surface area contributed by atoms with Crippen molar-refractivity contribution in [3.05, 3.63) is 16.1 Å². The second-order valence-electron chi connectivity index (χ2n) is 4.82. The molecule has 1 aliphatic rings. The topological polar surface area (TPSA) is 12.9 Å². The minimum atomic E-state index is 0.775. The third-order valence-corrected chi connectivity index (χ3v) is 4.61. The fourth-order valence-electron chi connectivity index (χ4n) is 2.67. The van der Waals surface area contributed by atoms with Gasteiger partial charge < -0.3 is 0 Å². The van der Waals surface area contributed by atoms with Crippen molar-refractivity contribution in [3.63, 3.8) is 0 Å². The molecule has 0 amide bonds. The van der Waals surface area contributed by atoms with Gasteiger partial charge in [-0.05, 0) is 38.5 Å². The van der Waals surface area contributed by atoms with E-state index in [2.05, 4.69) is 18.8 Å². The zero-order valence-corrected chi connectivity index (χ0v) is 10.6. The molecule has 15 heavy (non-hydrogen) atoms. The van der Waals surface area contributed by atoms with Crippen LogP contribution in [0.2, 0.25) is 0 Å². The second-order valence-corrected chi connectivity index (χ2v) is 6.08. The van der Waals surface area contributed by atoms with Crippen molar-refractivity contribution in [2.24, 2.45) is 5.92 Å². The number of aromatic nitrogens is 1. The second kappa shape index (κ2) is 5.11. The standard InChI is InChI=1S/C13H21NS/c1-3-4-11-5-7-12(8-6-11)13-14-9-10(2)15-13/h9,11-12H,3-8H2,1-2H3. The van der Waals surface area contributed by atoms with Gasteiger partial charge in [-0.25, -0.2) is 4.98 Å². The SMILES string of the molecule is CCCC1CCC(c2ncc(C)s2)CC1. The van der Waals surface area contributed by atoms with Crippen LogP contribution in [0, 0.1) is 12.8 Å². The summed E-state index contributed by atoms with van der Waals surface area (Å²) in [7, 11) is 0. The minimum absolute atomic E-state index is 0.775. The van der Waals surface area contributed by atoms with Crippen LogP contribution in [0.1, 0.15) is 61.3 Å². The predicted octanol–water partition coefficient (Wildman–Crippen LogP) is 4.53. The molecule has 0 aliphatic heterocycles. The Hall–Kier alpha value is -0.370. The van der Waals surface area contributed by atoms with Gasteiger partial charge in [0.2, 0.25) is 0 Å². The van der Waals surface area contributed by atoms with Crippen molar-refractivity contribution in [1.29, 1.82) is 0 Å². The number of hydrogen-bond acceptors (Lipinski definition) is 2. The summed E-state index contributed by atoms with van der Waals surface area (Å²) in [5.41, 5.74) is 0. The molecule has 1 fully saturated rings. The van der Waals surface area contributed by atoms with Gasteiger partial charge in [-0.2, -0.15) is 0 Å². The zero-order chi connectivity index (χ0) is 10.7. The first-order valence-corrected chi connectivity index (χ1v) is 7.03. The lowest BCUT2D eigenvalue weighted by Gasteiger charge is -2.26. The van der Waals surface area contributed by atoms with E-state index >= 15 is 0 Å². The molecular formula is C13H21NS. The van der Waals surface area contributed by atoms with Gasteiger partial charge in [0.05, 0.1) is 5.01 Å². The van der Waals surface area contributed by atoms with Crippen molar-refractivity contribution in [2.45, 2.75) is 58.3 Å².